The van der Waals surface area contributed by atoms with Crippen LogP contribution in [0.2, 0.25) is 0 Å². The number of pyridine rings is 1. The van der Waals surface area contributed by atoms with Gasteiger partial charge in [0.15, 0.2) is 6.29 Å². The molecule has 0 amide bonds. The van der Waals surface area contributed by atoms with Crippen LogP contribution in [-0.2, 0) is 9.47 Å². The Balaban J connectivity index is 2.49. The first kappa shape index (κ1) is 10.9. The van der Waals surface area contributed by atoms with Crippen LogP contribution >= 0.6 is 0 Å². The number of methoxy groups -OCH3 is 2. The molecule has 4 nitrogen and oxygen atoms in total. The van der Waals surface area contributed by atoms with E-state index in [1.807, 2.05) is 13.0 Å². The molecule has 1 rings (SSSR count). The summed E-state index contributed by atoms with van der Waals surface area (Å²) in [5, 5.41) is 3.20. The highest BCUT2D eigenvalue weighted by molar-refractivity contribution is 5.47. The van der Waals surface area contributed by atoms with Gasteiger partial charge < -0.3 is 14.8 Å². The molecule has 0 unspecified atom stereocenters. The van der Waals surface area contributed by atoms with Gasteiger partial charge in [0, 0.05) is 20.4 Å². The second-order valence-corrected chi connectivity index (χ2v) is 2.97. The van der Waals surface area contributed by atoms with E-state index in [4.69, 9.17) is 9.47 Å². The average Bonchev–Trinajstić information content (AvgIpc) is 2.22. The molecule has 78 valence electrons. The zero-order valence-electron chi connectivity index (χ0n) is 8.78. The molecule has 0 fully saturated rings. The molecule has 1 N–H and O–H groups in total. The van der Waals surface area contributed by atoms with E-state index in [2.05, 4.69) is 10.3 Å². The highest BCUT2D eigenvalue weighted by Crippen LogP contribution is 2.11. The Bertz CT molecular complexity index is 275. The molecule has 0 spiro atoms. The van der Waals surface area contributed by atoms with Crippen molar-refractivity contribution in [2.75, 3.05) is 26.1 Å². The van der Waals surface area contributed by atoms with Gasteiger partial charge in [0.25, 0.3) is 0 Å². The first-order chi connectivity index (χ1) is 6.77. The number of hydrogen-bond acceptors (Lipinski definition) is 4. The van der Waals surface area contributed by atoms with Gasteiger partial charge in [-0.15, -0.1) is 0 Å². The van der Waals surface area contributed by atoms with Crippen molar-refractivity contribution >= 4 is 5.69 Å². The summed E-state index contributed by atoms with van der Waals surface area (Å²) in [6.45, 7) is 2.64. The molecular formula is C10H16N2O2. The van der Waals surface area contributed by atoms with Gasteiger partial charge in [0.2, 0.25) is 0 Å². The maximum Gasteiger partial charge on any atom is 0.173 e. The molecule has 0 aliphatic rings. The number of hydrogen-bond donors (Lipinski definition) is 1. The average molecular weight is 196 g/mol. The van der Waals surface area contributed by atoms with Crippen LogP contribution in [-0.4, -0.2) is 32.0 Å². The lowest BCUT2D eigenvalue weighted by Gasteiger charge is -2.15. The number of rotatable bonds is 5. The maximum absolute atomic E-state index is 5.06. The minimum absolute atomic E-state index is 0.227. The van der Waals surface area contributed by atoms with E-state index in [0.717, 1.165) is 11.3 Å². The van der Waals surface area contributed by atoms with Crippen molar-refractivity contribution in [1.82, 2.24) is 4.98 Å². The van der Waals surface area contributed by atoms with E-state index in [0.29, 0.717) is 6.54 Å². The lowest BCUT2D eigenvalue weighted by Crippen LogP contribution is -2.23. The summed E-state index contributed by atoms with van der Waals surface area (Å²) in [6.07, 6.45) is 3.33. The Morgan fingerprint density at radius 2 is 2.14 bits per heavy atom. The first-order valence-corrected chi connectivity index (χ1v) is 4.48. The molecule has 0 saturated heterocycles. The number of ether oxygens (including phenoxy) is 2. The second kappa shape index (κ2) is 5.57. The summed E-state index contributed by atoms with van der Waals surface area (Å²) >= 11 is 0. The van der Waals surface area contributed by atoms with Gasteiger partial charge in [-0.25, -0.2) is 0 Å². The number of anilines is 1. The summed E-state index contributed by atoms with van der Waals surface area (Å²) in [6, 6.07) is 1.96. The van der Waals surface area contributed by atoms with Gasteiger partial charge in [0.05, 0.1) is 18.4 Å². The van der Waals surface area contributed by atoms with Crippen LogP contribution in [0.3, 0.4) is 0 Å². The predicted octanol–water partition coefficient (Wildman–Crippen LogP) is 1.42. The second-order valence-electron chi connectivity index (χ2n) is 2.97. The zero-order chi connectivity index (χ0) is 10.4. The molecule has 14 heavy (non-hydrogen) atoms. The Kier molecular flexibility index (Phi) is 4.35. The van der Waals surface area contributed by atoms with Crippen LogP contribution in [0.25, 0.3) is 0 Å². The van der Waals surface area contributed by atoms with Gasteiger partial charge >= 0.3 is 0 Å². The van der Waals surface area contributed by atoms with Crippen LogP contribution in [0.4, 0.5) is 5.69 Å². The minimum Gasteiger partial charge on any atom is -0.378 e. The van der Waals surface area contributed by atoms with Gasteiger partial charge in [-0.2, -0.15) is 0 Å². The molecule has 1 aromatic rings. The van der Waals surface area contributed by atoms with Gasteiger partial charge in [-0.05, 0) is 18.6 Å². The first-order valence-electron chi connectivity index (χ1n) is 4.48. The van der Waals surface area contributed by atoms with E-state index in [9.17, 15) is 0 Å². The highest BCUT2D eigenvalue weighted by atomic mass is 16.7. The SMILES string of the molecule is COC(CNc1cnccc1C)OC. The van der Waals surface area contributed by atoms with Gasteiger partial charge in [-0.1, -0.05) is 0 Å². The third kappa shape index (κ3) is 2.97. The Morgan fingerprint density at radius 3 is 2.71 bits per heavy atom. The molecule has 1 heterocycles. The molecule has 1 aromatic heterocycles. The van der Waals surface area contributed by atoms with Gasteiger partial charge in [0.1, 0.15) is 0 Å². The predicted molar refractivity (Wildman–Crippen MR) is 55.3 cm³/mol. The van der Waals surface area contributed by atoms with Crippen molar-refractivity contribution in [3.8, 4) is 0 Å². The lowest BCUT2D eigenvalue weighted by atomic mass is 10.2. The summed E-state index contributed by atoms with van der Waals surface area (Å²) in [4.78, 5) is 4.03. The monoisotopic (exact) mass is 196 g/mol. The summed E-state index contributed by atoms with van der Waals surface area (Å²) in [5.74, 6) is 0. The molecule has 0 aliphatic heterocycles. The molecule has 0 saturated carbocycles. The van der Waals surface area contributed by atoms with Crippen molar-refractivity contribution in [2.24, 2.45) is 0 Å². The molecule has 0 radical (unpaired) electrons. The number of aryl methyl sites for hydroxylation is 1. The smallest absolute Gasteiger partial charge is 0.173 e. The summed E-state index contributed by atoms with van der Waals surface area (Å²) < 4.78 is 10.1. The van der Waals surface area contributed by atoms with E-state index in [1.54, 1.807) is 26.6 Å². The lowest BCUT2D eigenvalue weighted by molar-refractivity contribution is -0.0914. The highest BCUT2D eigenvalue weighted by Gasteiger charge is 2.04. The van der Waals surface area contributed by atoms with Gasteiger partial charge in [-0.3, -0.25) is 4.98 Å². The molecule has 0 bridgehead atoms. The topological polar surface area (TPSA) is 43.4 Å². The normalized spacial score (nSPS) is 10.6. The number of nitrogens with one attached hydrogen (secondary N) is 1. The third-order valence-corrected chi connectivity index (χ3v) is 2.02. The quantitative estimate of drug-likeness (QED) is 0.723. The molecule has 0 aliphatic carbocycles. The van der Waals surface area contributed by atoms with E-state index in [-0.39, 0.29) is 6.29 Å². The largest absolute Gasteiger partial charge is 0.378 e. The fraction of sp³-hybridized carbons (Fsp3) is 0.500. The van der Waals surface area contributed by atoms with Crippen molar-refractivity contribution < 1.29 is 9.47 Å². The maximum atomic E-state index is 5.06. The van der Waals surface area contributed by atoms with Crippen molar-refractivity contribution in [1.29, 1.82) is 0 Å². The van der Waals surface area contributed by atoms with Crippen LogP contribution in [0, 0.1) is 6.92 Å². The Hall–Kier alpha value is -1.13. The number of aromatic nitrogens is 1. The summed E-state index contributed by atoms with van der Waals surface area (Å²) in [7, 11) is 3.23. The molecule has 0 aromatic carbocycles. The fourth-order valence-corrected chi connectivity index (χ4v) is 1.11. The minimum atomic E-state index is -0.227. The van der Waals surface area contributed by atoms with Crippen molar-refractivity contribution in [3.05, 3.63) is 24.0 Å². The van der Waals surface area contributed by atoms with Crippen LogP contribution in [0.1, 0.15) is 5.56 Å². The fourth-order valence-electron chi connectivity index (χ4n) is 1.11. The van der Waals surface area contributed by atoms with Crippen molar-refractivity contribution in [3.63, 3.8) is 0 Å². The Labute approximate surface area is 84.3 Å². The van der Waals surface area contributed by atoms with Crippen LogP contribution in [0.15, 0.2) is 18.5 Å². The molecule has 4 heteroatoms. The standard InChI is InChI=1S/C10H16N2O2/c1-8-4-5-11-6-9(8)12-7-10(13-2)14-3/h4-6,10,12H,7H2,1-3H3. The van der Waals surface area contributed by atoms with Crippen molar-refractivity contribution in [2.45, 2.75) is 13.2 Å². The van der Waals surface area contributed by atoms with Crippen LogP contribution < -0.4 is 5.32 Å². The number of nitrogens with zero attached hydrogens (tertiary/aromatic N) is 1. The molecule has 0 atom stereocenters. The van der Waals surface area contributed by atoms with Crippen LogP contribution in [0.5, 0.6) is 0 Å². The Morgan fingerprint density at radius 1 is 1.43 bits per heavy atom. The van der Waals surface area contributed by atoms with E-state index in [1.165, 1.54) is 0 Å². The third-order valence-electron chi connectivity index (χ3n) is 2.02. The van der Waals surface area contributed by atoms with E-state index < -0.39 is 0 Å². The summed E-state index contributed by atoms with van der Waals surface area (Å²) in [5.41, 5.74) is 2.16. The molecular weight excluding hydrogens is 180 g/mol. The van der Waals surface area contributed by atoms with E-state index >= 15 is 0 Å². The zero-order valence-corrected chi connectivity index (χ0v) is 8.78.